The van der Waals surface area contributed by atoms with Gasteiger partial charge >= 0.3 is 12.0 Å². The van der Waals surface area contributed by atoms with Crippen molar-refractivity contribution in [2.45, 2.75) is 13.3 Å². The zero-order valence-corrected chi connectivity index (χ0v) is 11.6. The monoisotopic (exact) mass is 281 g/mol. The highest BCUT2D eigenvalue weighted by atomic mass is 16.4. The molecule has 0 spiro atoms. The Bertz CT molecular complexity index is 501. The van der Waals surface area contributed by atoms with Crippen molar-refractivity contribution < 1.29 is 14.7 Å². The van der Waals surface area contributed by atoms with E-state index in [1.807, 2.05) is 14.0 Å². The van der Waals surface area contributed by atoms with Crippen LogP contribution in [0, 0.1) is 11.8 Å². The fourth-order valence-corrected chi connectivity index (χ4v) is 2.38. The summed E-state index contributed by atoms with van der Waals surface area (Å²) < 4.78 is 1.80. The van der Waals surface area contributed by atoms with Crippen LogP contribution in [0.5, 0.6) is 0 Å². The van der Waals surface area contributed by atoms with Gasteiger partial charge in [0, 0.05) is 33.1 Å². The average molecular weight is 281 g/mol. The van der Waals surface area contributed by atoms with Crippen LogP contribution in [0.2, 0.25) is 0 Å². The number of carboxylic acid groups (broad SMARTS) is 1. The van der Waals surface area contributed by atoms with Crippen LogP contribution in [0.1, 0.15) is 12.7 Å². The molecule has 2 atom stereocenters. The Balaban J connectivity index is 1.78. The van der Waals surface area contributed by atoms with E-state index in [4.69, 9.17) is 5.11 Å². The van der Waals surface area contributed by atoms with Crippen molar-refractivity contribution in [2.24, 2.45) is 18.9 Å². The SMILES string of the molecule is C[C@@H]1CN(C(=O)NCCc2nncn2C)C[C@H]1C(=O)O. The quantitative estimate of drug-likeness (QED) is 0.790. The third-order valence-electron chi connectivity index (χ3n) is 3.65. The summed E-state index contributed by atoms with van der Waals surface area (Å²) in [5.74, 6) is -0.535. The number of aryl methyl sites for hydroxylation is 1. The molecule has 110 valence electrons. The summed E-state index contributed by atoms with van der Waals surface area (Å²) in [6.45, 7) is 3.05. The second-order valence-electron chi connectivity index (χ2n) is 5.17. The minimum absolute atomic E-state index is 0.0167. The maximum Gasteiger partial charge on any atom is 0.317 e. The second-order valence-corrected chi connectivity index (χ2v) is 5.17. The molecule has 1 aromatic heterocycles. The third-order valence-corrected chi connectivity index (χ3v) is 3.65. The first kappa shape index (κ1) is 14.3. The topological polar surface area (TPSA) is 100 Å². The second kappa shape index (κ2) is 5.89. The molecule has 1 fully saturated rings. The van der Waals surface area contributed by atoms with Crippen LogP contribution in [-0.2, 0) is 18.3 Å². The standard InChI is InChI=1S/C12H19N5O3/c1-8-5-17(6-9(8)11(18)19)12(20)13-4-3-10-15-14-7-16(10)2/h7-9H,3-6H2,1-2H3,(H,13,20)(H,18,19)/t8-,9-/m1/s1. The first-order valence-corrected chi connectivity index (χ1v) is 6.57. The van der Waals surface area contributed by atoms with Crippen LogP contribution in [0.3, 0.4) is 0 Å². The summed E-state index contributed by atoms with van der Waals surface area (Å²) in [6, 6.07) is -0.220. The fourth-order valence-electron chi connectivity index (χ4n) is 2.38. The summed E-state index contributed by atoms with van der Waals surface area (Å²) in [6.07, 6.45) is 2.20. The Labute approximate surface area is 116 Å². The molecule has 2 rings (SSSR count). The van der Waals surface area contributed by atoms with E-state index in [1.165, 1.54) is 0 Å². The van der Waals surface area contributed by atoms with Crippen molar-refractivity contribution in [1.82, 2.24) is 25.0 Å². The first-order valence-electron chi connectivity index (χ1n) is 6.57. The van der Waals surface area contributed by atoms with Gasteiger partial charge in [-0.2, -0.15) is 0 Å². The van der Waals surface area contributed by atoms with Gasteiger partial charge in [-0.1, -0.05) is 6.92 Å². The van der Waals surface area contributed by atoms with E-state index in [0.29, 0.717) is 19.5 Å². The van der Waals surface area contributed by atoms with E-state index >= 15 is 0 Å². The number of nitrogens with one attached hydrogen (secondary N) is 1. The minimum atomic E-state index is -0.841. The summed E-state index contributed by atoms with van der Waals surface area (Å²) in [5, 5.41) is 19.5. The Morgan fingerprint density at radius 1 is 1.50 bits per heavy atom. The van der Waals surface area contributed by atoms with Gasteiger partial charge < -0.3 is 19.9 Å². The number of aliphatic carboxylic acids is 1. The van der Waals surface area contributed by atoms with Crippen molar-refractivity contribution in [3.63, 3.8) is 0 Å². The number of rotatable bonds is 4. The lowest BCUT2D eigenvalue weighted by Crippen LogP contribution is -2.40. The largest absolute Gasteiger partial charge is 0.481 e. The Morgan fingerprint density at radius 3 is 2.80 bits per heavy atom. The number of aromatic nitrogens is 3. The lowest BCUT2D eigenvalue weighted by atomic mass is 9.99. The summed E-state index contributed by atoms with van der Waals surface area (Å²) in [5.41, 5.74) is 0. The molecule has 2 heterocycles. The smallest absolute Gasteiger partial charge is 0.317 e. The van der Waals surface area contributed by atoms with Crippen LogP contribution < -0.4 is 5.32 Å². The molecule has 20 heavy (non-hydrogen) atoms. The van der Waals surface area contributed by atoms with Gasteiger partial charge in [0.1, 0.15) is 12.2 Å². The molecular formula is C12H19N5O3. The van der Waals surface area contributed by atoms with Crippen LogP contribution in [0.25, 0.3) is 0 Å². The van der Waals surface area contributed by atoms with Crippen molar-refractivity contribution >= 4 is 12.0 Å². The molecule has 0 bridgehead atoms. The number of amides is 2. The van der Waals surface area contributed by atoms with E-state index in [0.717, 1.165) is 5.82 Å². The Morgan fingerprint density at radius 2 is 2.25 bits per heavy atom. The van der Waals surface area contributed by atoms with Gasteiger partial charge in [0.2, 0.25) is 0 Å². The van der Waals surface area contributed by atoms with Gasteiger partial charge in [0.15, 0.2) is 0 Å². The average Bonchev–Trinajstić information content (AvgIpc) is 2.96. The van der Waals surface area contributed by atoms with Crippen molar-refractivity contribution in [1.29, 1.82) is 0 Å². The predicted octanol–water partition coefficient (Wildman–Crippen LogP) is -0.280. The molecule has 0 aliphatic carbocycles. The molecule has 8 heteroatoms. The van der Waals surface area contributed by atoms with Crippen molar-refractivity contribution in [2.75, 3.05) is 19.6 Å². The molecule has 1 saturated heterocycles. The van der Waals surface area contributed by atoms with E-state index in [2.05, 4.69) is 15.5 Å². The normalized spacial score (nSPS) is 22.0. The van der Waals surface area contributed by atoms with Crippen molar-refractivity contribution in [3.05, 3.63) is 12.2 Å². The Kier molecular flexibility index (Phi) is 4.21. The van der Waals surface area contributed by atoms with Gasteiger partial charge in [-0.3, -0.25) is 4.79 Å². The highest BCUT2D eigenvalue weighted by Crippen LogP contribution is 2.22. The van der Waals surface area contributed by atoms with Gasteiger partial charge in [0.25, 0.3) is 0 Å². The maximum absolute atomic E-state index is 12.0. The predicted molar refractivity (Wildman–Crippen MR) is 70.0 cm³/mol. The fraction of sp³-hybridized carbons (Fsp3) is 0.667. The first-order chi connectivity index (χ1) is 9.49. The number of hydrogen-bond donors (Lipinski definition) is 2. The summed E-state index contributed by atoms with van der Waals surface area (Å²) in [7, 11) is 1.84. The zero-order valence-electron chi connectivity index (χ0n) is 11.6. The zero-order chi connectivity index (χ0) is 14.7. The number of carboxylic acids is 1. The molecule has 0 saturated carbocycles. The lowest BCUT2D eigenvalue weighted by molar-refractivity contribution is -0.142. The van der Waals surface area contributed by atoms with Gasteiger partial charge in [-0.25, -0.2) is 4.79 Å². The molecule has 1 aliphatic heterocycles. The number of carbonyl (C=O) groups is 2. The highest BCUT2D eigenvalue weighted by molar-refractivity contribution is 5.77. The van der Waals surface area contributed by atoms with E-state index in [9.17, 15) is 9.59 Å². The third kappa shape index (κ3) is 3.06. The molecule has 2 amide bonds. The van der Waals surface area contributed by atoms with Crippen LogP contribution in [0.15, 0.2) is 6.33 Å². The number of likely N-dealkylation sites (tertiary alicyclic amines) is 1. The molecule has 0 unspecified atom stereocenters. The maximum atomic E-state index is 12.0. The molecule has 2 N–H and O–H groups in total. The molecule has 8 nitrogen and oxygen atoms in total. The summed E-state index contributed by atoms with van der Waals surface area (Å²) >= 11 is 0. The van der Waals surface area contributed by atoms with Gasteiger partial charge in [0.05, 0.1) is 5.92 Å². The van der Waals surface area contributed by atoms with E-state index in [1.54, 1.807) is 15.8 Å². The molecule has 0 radical (unpaired) electrons. The molecule has 0 aromatic carbocycles. The molecule has 1 aliphatic rings. The van der Waals surface area contributed by atoms with E-state index in [-0.39, 0.29) is 18.5 Å². The van der Waals surface area contributed by atoms with Crippen LogP contribution in [-0.4, -0.2) is 56.4 Å². The molecule has 1 aromatic rings. The Hall–Kier alpha value is -2.12. The number of hydrogen-bond acceptors (Lipinski definition) is 4. The number of urea groups is 1. The van der Waals surface area contributed by atoms with Crippen LogP contribution >= 0.6 is 0 Å². The summed E-state index contributed by atoms with van der Waals surface area (Å²) in [4.78, 5) is 24.5. The van der Waals surface area contributed by atoms with Gasteiger partial charge in [-0.15, -0.1) is 10.2 Å². The highest BCUT2D eigenvalue weighted by Gasteiger charge is 2.36. The van der Waals surface area contributed by atoms with Crippen LogP contribution in [0.4, 0.5) is 4.79 Å². The van der Waals surface area contributed by atoms with E-state index < -0.39 is 11.9 Å². The number of nitrogens with zero attached hydrogens (tertiary/aromatic N) is 4. The molecular weight excluding hydrogens is 262 g/mol. The van der Waals surface area contributed by atoms with Crippen molar-refractivity contribution in [3.8, 4) is 0 Å². The van der Waals surface area contributed by atoms with Gasteiger partial charge in [-0.05, 0) is 5.92 Å². The minimum Gasteiger partial charge on any atom is -0.481 e. The number of carbonyl (C=O) groups excluding carboxylic acids is 1. The lowest BCUT2D eigenvalue weighted by Gasteiger charge is -2.16.